The van der Waals surface area contributed by atoms with Gasteiger partial charge in [-0.2, -0.15) is 0 Å². The van der Waals surface area contributed by atoms with Crippen molar-refractivity contribution in [1.82, 2.24) is 14.8 Å². The van der Waals surface area contributed by atoms with E-state index in [1.807, 2.05) is 44.2 Å². The van der Waals surface area contributed by atoms with Gasteiger partial charge in [-0.1, -0.05) is 54.2 Å². The Morgan fingerprint density at radius 3 is 2.50 bits per heavy atom. The molecular formula is C21H18N4O2S. The van der Waals surface area contributed by atoms with Crippen LogP contribution in [0.15, 0.2) is 58.3 Å². The van der Waals surface area contributed by atoms with Crippen molar-refractivity contribution >= 4 is 33.5 Å². The van der Waals surface area contributed by atoms with Crippen LogP contribution in [0.2, 0.25) is 0 Å². The number of aromatic nitrogens is 3. The normalized spacial score (nSPS) is 11.5. The number of aromatic hydroxyl groups is 1. The molecule has 0 aliphatic heterocycles. The fourth-order valence-electron chi connectivity index (χ4n) is 2.98. The Balaban J connectivity index is 1.94. The Hall–Kier alpha value is -3.32. The number of aryl methyl sites for hydroxylation is 2. The lowest BCUT2D eigenvalue weighted by molar-refractivity contribution is 0.436. The third-order valence-corrected chi connectivity index (χ3v) is 5.43. The van der Waals surface area contributed by atoms with Crippen LogP contribution in [0.1, 0.15) is 23.1 Å². The Kier molecular flexibility index (Phi) is 4.75. The number of rotatable bonds is 4. The largest absolute Gasteiger partial charge is 0.494 e. The van der Waals surface area contributed by atoms with Crippen LogP contribution in [0.25, 0.3) is 16.5 Å². The van der Waals surface area contributed by atoms with Crippen molar-refractivity contribution in [3.8, 4) is 11.6 Å². The maximum atomic E-state index is 13.0. The first-order valence-corrected chi connectivity index (χ1v) is 9.70. The molecule has 1 N–H and O–H groups in total. The molecule has 0 fully saturated rings. The first kappa shape index (κ1) is 18.1. The van der Waals surface area contributed by atoms with Crippen molar-refractivity contribution in [2.45, 2.75) is 20.3 Å². The van der Waals surface area contributed by atoms with Gasteiger partial charge in [0.05, 0.1) is 11.3 Å². The van der Waals surface area contributed by atoms with E-state index in [4.69, 9.17) is 0 Å². The van der Waals surface area contributed by atoms with Gasteiger partial charge >= 0.3 is 0 Å². The molecule has 0 saturated carbocycles. The lowest BCUT2D eigenvalue weighted by Gasteiger charge is -2.13. The summed E-state index contributed by atoms with van der Waals surface area (Å²) in [6, 6.07) is 14.6. The highest BCUT2D eigenvalue weighted by Crippen LogP contribution is 2.27. The summed E-state index contributed by atoms with van der Waals surface area (Å²) >= 11 is 1.40. The average molecular weight is 390 g/mol. The molecule has 0 radical (unpaired) electrons. The number of nitrogens with zero attached hydrogens (tertiary/aromatic N) is 4. The van der Waals surface area contributed by atoms with E-state index in [0.29, 0.717) is 27.2 Å². The Bertz CT molecular complexity index is 1240. The lowest BCUT2D eigenvalue weighted by Crippen LogP contribution is -2.20. The number of aliphatic imine (C=N–C) groups is 1. The summed E-state index contributed by atoms with van der Waals surface area (Å²) in [5, 5.41) is 21.6. The molecular weight excluding hydrogens is 372 g/mol. The minimum Gasteiger partial charge on any atom is -0.494 e. The number of hydrogen-bond donors (Lipinski definition) is 1. The number of fused-ring (bicyclic) bond motifs is 1. The Labute approximate surface area is 165 Å². The van der Waals surface area contributed by atoms with Crippen LogP contribution in [0.3, 0.4) is 0 Å². The molecule has 6 nitrogen and oxygen atoms in total. The summed E-state index contributed by atoms with van der Waals surface area (Å²) in [5.41, 5.74) is 1.85. The average Bonchev–Trinajstić information content (AvgIpc) is 3.17. The first-order chi connectivity index (χ1) is 13.6. The van der Waals surface area contributed by atoms with Crippen LogP contribution in [0.4, 0.5) is 5.13 Å². The number of pyridine rings is 1. The predicted molar refractivity (Wildman–Crippen MR) is 112 cm³/mol. The van der Waals surface area contributed by atoms with Crippen LogP contribution >= 0.6 is 11.3 Å². The van der Waals surface area contributed by atoms with Crippen LogP contribution in [0, 0.1) is 6.92 Å². The van der Waals surface area contributed by atoms with Gasteiger partial charge in [0.15, 0.2) is 0 Å². The molecule has 0 bridgehead atoms. The second-order valence-electron chi connectivity index (χ2n) is 6.35. The second-order valence-corrected chi connectivity index (χ2v) is 7.39. The Morgan fingerprint density at radius 2 is 1.82 bits per heavy atom. The van der Waals surface area contributed by atoms with Gasteiger partial charge in [0.25, 0.3) is 5.56 Å². The summed E-state index contributed by atoms with van der Waals surface area (Å²) in [6.07, 6.45) is 2.33. The van der Waals surface area contributed by atoms with E-state index in [1.54, 1.807) is 24.4 Å². The highest BCUT2D eigenvalue weighted by molar-refractivity contribution is 7.14. The SMILES string of the molecule is CCc1nnc(/N=C/c2c(O)n(-c3ccc(C)cc3)c(=O)c3ccccc23)s1. The minimum atomic E-state index is -0.279. The highest BCUT2D eigenvalue weighted by atomic mass is 32.1. The van der Waals surface area contributed by atoms with Crippen molar-refractivity contribution in [2.75, 3.05) is 0 Å². The molecule has 0 amide bonds. The first-order valence-electron chi connectivity index (χ1n) is 8.88. The van der Waals surface area contributed by atoms with E-state index in [0.717, 1.165) is 17.0 Å². The highest BCUT2D eigenvalue weighted by Gasteiger charge is 2.16. The smallest absolute Gasteiger partial charge is 0.265 e. The van der Waals surface area contributed by atoms with Gasteiger partial charge in [0.2, 0.25) is 11.0 Å². The van der Waals surface area contributed by atoms with Crippen molar-refractivity contribution in [2.24, 2.45) is 4.99 Å². The van der Waals surface area contributed by atoms with E-state index in [2.05, 4.69) is 15.2 Å². The summed E-state index contributed by atoms with van der Waals surface area (Å²) < 4.78 is 1.31. The minimum absolute atomic E-state index is 0.156. The van der Waals surface area contributed by atoms with Crippen LogP contribution in [-0.2, 0) is 6.42 Å². The summed E-state index contributed by atoms with van der Waals surface area (Å²) in [5.74, 6) is -0.156. The van der Waals surface area contributed by atoms with E-state index < -0.39 is 0 Å². The van der Waals surface area contributed by atoms with Gasteiger partial charge in [-0.3, -0.25) is 4.79 Å². The molecule has 140 valence electrons. The summed E-state index contributed by atoms with van der Waals surface area (Å²) in [7, 11) is 0. The number of benzene rings is 2. The molecule has 0 unspecified atom stereocenters. The van der Waals surface area contributed by atoms with E-state index in [-0.39, 0.29) is 11.4 Å². The standard InChI is InChI=1S/C21H18N4O2S/c1-3-18-23-24-21(28-18)22-12-17-15-6-4-5-7-16(15)19(26)25(20(17)27)14-10-8-13(2)9-11-14/h4-12,27H,3H2,1-2H3/b22-12+. The fraction of sp³-hybridized carbons (Fsp3) is 0.143. The molecule has 7 heteroatoms. The van der Waals surface area contributed by atoms with Crippen molar-refractivity contribution in [1.29, 1.82) is 0 Å². The van der Waals surface area contributed by atoms with Crippen molar-refractivity contribution < 1.29 is 5.11 Å². The van der Waals surface area contributed by atoms with E-state index in [9.17, 15) is 9.90 Å². The zero-order valence-electron chi connectivity index (χ0n) is 15.5. The molecule has 0 aliphatic rings. The third kappa shape index (κ3) is 3.20. The van der Waals surface area contributed by atoms with Crippen LogP contribution in [-0.4, -0.2) is 26.1 Å². The van der Waals surface area contributed by atoms with Gasteiger partial charge < -0.3 is 5.11 Å². The molecule has 2 heterocycles. The van der Waals surface area contributed by atoms with E-state index >= 15 is 0 Å². The zero-order valence-corrected chi connectivity index (χ0v) is 16.3. The molecule has 0 atom stereocenters. The Morgan fingerprint density at radius 1 is 1.11 bits per heavy atom. The van der Waals surface area contributed by atoms with Gasteiger partial charge in [-0.15, -0.1) is 10.2 Å². The topological polar surface area (TPSA) is 80.4 Å². The predicted octanol–water partition coefficient (Wildman–Crippen LogP) is 4.17. The van der Waals surface area contributed by atoms with Gasteiger partial charge in [-0.25, -0.2) is 9.56 Å². The molecule has 28 heavy (non-hydrogen) atoms. The maximum absolute atomic E-state index is 13.0. The fourth-order valence-corrected chi connectivity index (χ4v) is 3.61. The van der Waals surface area contributed by atoms with Crippen molar-refractivity contribution in [3.63, 3.8) is 0 Å². The quantitative estimate of drug-likeness (QED) is 0.530. The zero-order chi connectivity index (χ0) is 19.7. The van der Waals surface area contributed by atoms with Crippen molar-refractivity contribution in [3.05, 3.63) is 75.0 Å². The van der Waals surface area contributed by atoms with Crippen LogP contribution in [0.5, 0.6) is 5.88 Å². The monoisotopic (exact) mass is 390 g/mol. The van der Waals surface area contributed by atoms with Gasteiger partial charge in [-0.05, 0) is 31.5 Å². The molecule has 4 rings (SSSR count). The summed E-state index contributed by atoms with van der Waals surface area (Å²) in [4.78, 5) is 17.4. The second kappa shape index (κ2) is 7.36. The third-order valence-electron chi connectivity index (χ3n) is 4.46. The lowest BCUT2D eigenvalue weighted by atomic mass is 10.1. The molecule has 0 aliphatic carbocycles. The maximum Gasteiger partial charge on any atom is 0.265 e. The van der Waals surface area contributed by atoms with Gasteiger partial charge in [0, 0.05) is 17.0 Å². The number of hydrogen-bond acceptors (Lipinski definition) is 6. The molecule has 0 saturated heterocycles. The molecule has 4 aromatic rings. The van der Waals surface area contributed by atoms with Crippen LogP contribution < -0.4 is 5.56 Å². The molecule has 0 spiro atoms. The summed E-state index contributed by atoms with van der Waals surface area (Å²) in [6.45, 7) is 3.97. The van der Waals surface area contributed by atoms with E-state index in [1.165, 1.54) is 15.9 Å². The van der Waals surface area contributed by atoms with Gasteiger partial charge in [0.1, 0.15) is 5.01 Å². The molecule has 2 aromatic carbocycles. The molecule has 2 aromatic heterocycles.